The van der Waals surface area contributed by atoms with E-state index in [9.17, 15) is 9.59 Å². The summed E-state index contributed by atoms with van der Waals surface area (Å²) in [7, 11) is 1.61. The minimum Gasteiger partial charge on any atom is -0.320 e. The van der Waals surface area contributed by atoms with Crippen LogP contribution in [-0.2, 0) is 20.1 Å². The molecule has 0 unspecified atom stereocenters. The molecule has 0 radical (unpaired) electrons. The summed E-state index contributed by atoms with van der Waals surface area (Å²) in [6.07, 6.45) is 1.59. The van der Waals surface area contributed by atoms with Crippen LogP contribution in [0.2, 0.25) is 0 Å². The third kappa shape index (κ3) is 3.01. The van der Waals surface area contributed by atoms with Crippen LogP contribution in [0.4, 0.5) is 0 Å². The molecule has 4 aromatic rings. The molecule has 0 aliphatic rings. The van der Waals surface area contributed by atoms with Gasteiger partial charge in [-0.2, -0.15) is 5.26 Å². The molecule has 2 aromatic heterocycles. The van der Waals surface area contributed by atoms with Crippen molar-refractivity contribution in [1.82, 2.24) is 18.7 Å². The fraction of sp³-hybridized carbons (Fsp3) is 0.143. The van der Waals surface area contributed by atoms with Crippen molar-refractivity contribution in [2.75, 3.05) is 0 Å². The largest absolute Gasteiger partial charge is 0.332 e. The van der Waals surface area contributed by atoms with Crippen LogP contribution in [0.5, 0.6) is 0 Å². The van der Waals surface area contributed by atoms with Crippen LogP contribution in [0.1, 0.15) is 16.7 Å². The Labute approximate surface area is 160 Å². The van der Waals surface area contributed by atoms with E-state index >= 15 is 0 Å². The molecule has 7 heteroatoms. The average molecular weight is 371 g/mol. The van der Waals surface area contributed by atoms with Crippen molar-refractivity contribution in [3.8, 4) is 6.07 Å². The Morgan fingerprint density at radius 1 is 0.964 bits per heavy atom. The lowest BCUT2D eigenvalue weighted by atomic mass is 10.1. The quantitative estimate of drug-likeness (QED) is 0.548. The molecule has 2 aromatic carbocycles. The van der Waals surface area contributed by atoms with Gasteiger partial charge in [0.15, 0.2) is 11.2 Å². The number of nitrogens with zero attached hydrogens (tertiary/aromatic N) is 5. The van der Waals surface area contributed by atoms with Gasteiger partial charge in [0.25, 0.3) is 5.56 Å². The standard InChI is InChI=1S/C21H17N5O2/c1-24-19-18(25(14-23-19)12-16-5-3-2-4-6-16)20(27)26(21(24)28)13-17-9-7-15(11-22)8-10-17/h2-10,14H,12-13H2,1H3. The van der Waals surface area contributed by atoms with Crippen LogP contribution in [0.3, 0.4) is 0 Å². The van der Waals surface area contributed by atoms with Crippen LogP contribution in [0.15, 0.2) is 70.5 Å². The summed E-state index contributed by atoms with van der Waals surface area (Å²) in [5.74, 6) is 0. The van der Waals surface area contributed by atoms with E-state index in [1.54, 1.807) is 42.2 Å². The lowest BCUT2D eigenvalue weighted by molar-refractivity contribution is 0.653. The fourth-order valence-electron chi connectivity index (χ4n) is 3.23. The van der Waals surface area contributed by atoms with Gasteiger partial charge < -0.3 is 4.57 Å². The van der Waals surface area contributed by atoms with E-state index in [2.05, 4.69) is 11.1 Å². The average Bonchev–Trinajstić information content (AvgIpc) is 3.14. The molecule has 2 heterocycles. The van der Waals surface area contributed by atoms with Gasteiger partial charge in [-0.1, -0.05) is 42.5 Å². The summed E-state index contributed by atoms with van der Waals surface area (Å²) >= 11 is 0. The number of fused-ring (bicyclic) bond motifs is 1. The summed E-state index contributed by atoms with van der Waals surface area (Å²) < 4.78 is 4.36. The number of nitriles is 1. The fourth-order valence-corrected chi connectivity index (χ4v) is 3.23. The van der Waals surface area contributed by atoms with Gasteiger partial charge in [0.05, 0.1) is 24.5 Å². The highest BCUT2D eigenvalue weighted by Crippen LogP contribution is 2.10. The summed E-state index contributed by atoms with van der Waals surface area (Å²) in [6.45, 7) is 0.616. The second-order valence-corrected chi connectivity index (χ2v) is 6.57. The predicted octanol–water partition coefficient (Wildman–Crippen LogP) is 1.86. The Kier molecular flexibility index (Phi) is 4.38. The molecule has 0 amide bonds. The van der Waals surface area contributed by atoms with Gasteiger partial charge in [0.1, 0.15) is 0 Å². The van der Waals surface area contributed by atoms with Crippen LogP contribution < -0.4 is 11.2 Å². The number of hydrogen-bond donors (Lipinski definition) is 0. The molecule has 0 fully saturated rings. The van der Waals surface area contributed by atoms with E-state index in [1.807, 2.05) is 30.3 Å². The lowest BCUT2D eigenvalue weighted by Gasteiger charge is -2.10. The first kappa shape index (κ1) is 17.5. The maximum atomic E-state index is 13.1. The second-order valence-electron chi connectivity index (χ2n) is 6.57. The van der Waals surface area contributed by atoms with Gasteiger partial charge in [-0.15, -0.1) is 0 Å². The van der Waals surface area contributed by atoms with Crippen LogP contribution in [0.25, 0.3) is 11.2 Å². The first-order valence-electron chi connectivity index (χ1n) is 8.76. The van der Waals surface area contributed by atoms with E-state index in [0.717, 1.165) is 11.1 Å². The van der Waals surface area contributed by atoms with Gasteiger partial charge in [-0.25, -0.2) is 9.78 Å². The van der Waals surface area contributed by atoms with Crippen molar-refractivity contribution >= 4 is 11.2 Å². The molecule has 28 heavy (non-hydrogen) atoms. The minimum atomic E-state index is -0.424. The molecule has 0 spiro atoms. The van der Waals surface area contributed by atoms with Crippen molar-refractivity contribution in [3.63, 3.8) is 0 Å². The summed E-state index contributed by atoms with van der Waals surface area (Å²) in [5, 5.41) is 8.92. The maximum Gasteiger partial charge on any atom is 0.332 e. The Morgan fingerprint density at radius 3 is 2.32 bits per heavy atom. The second kappa shape index (κ2) is 7.00. The zero-order valence-corrected chi connectivity index (χ0v) is 15.2. The number of benzene rings is 2. The maximum absolute atomic E-state index is 13.1. The third-order valence-electron chi connectivity index (χ3n) is 4.72. The highest BCUT2D eigenvalue weighted by Gasteiger charge is 2.16. The molecular formula is C21H17N5O2. The number of imidazole rings is 1. The predicted molar refractivity (Wildman–Crippen MR) is 105 cm³/mol. The number of hydrogen-bond acceptors (Lipinski definition) is 4. The van der Waals surface area contributed by atoms with E-state index < -0.39 is 5.69 Å². The van der Waals surface area contributed by atoms with Crippen molar-refractivity contribution < 1.29 is 0 Å². The van der Waals surface area contributed by atoms with Crippen molar-refractivity contribution in [3.05, 3.63) is 98.5 Å². The number of rotatable bonds is 4. The zero-order valence-electron chi connectivity index (χ0n) is 15.2. The molecule has 0 aliphatic carbocycles. The van der Waals surface area contributed by atoms with E-state index in [4.69, 9.17) is 5.26 Å². The number of aryl methyl sites for hydroxylation is 1. The Balaban J connectivity index is 1.82. The first-order valence-corrected chi connectivity index (χ1v) is 8.76. The highest BCUT2D eigenvalue weighted by molar-refractivity contribution is 5.70. The van der Waals surface area contributed by atoms with Gasteiger partial charge in [0.2, 0.25) is 0 Å². The molecule has 0 N–H and O–H groups in total. The highest BCUT2D eigenvalue weighted by atomic mass is 16.2. The monoisotopic (exact) mass is 371 g/mol. The zero-order chi connectivity index (χ0) is 19.7. The van der Waals surface area contributed by atoms with Gasteiger partial charge in [0, 0.05) is 13.6 Å². The van der Waals surface area contributed by atoms with Crippen LogP contribution in [0, 0.1) is 11.3 Å². The molecule has 7 nitrogen and oxygen atoms in total. The summed E-state index contributed by atoms with van der Waals surface area (Å²) in [6, 6.07) is 18.6. The van der Waals surface area contributed by atoms with E-state index in [0.29, 0.717) is 23.3 Å². The molecular weight excluding hydrogens is 354 g/mol. The smallest absolute Gasteiger partial charge is 0.320 e. The molecule has 0 aliphatic heterocycles. The van der Waals surface area contributed by atoms with Gasteiger partial charge >= 0.3 is 5.69 Å². The Morgan fingerprint density at radius 2 is 1.64 bits per heavy atom. The molecule has 0 saturated carbocycles. The first-order chi connectivity index (χ1) is 13.6. The van der Waals surface area contributed by atoms with Crippen molar-refractivity contribution in [2.45, 2.75) is 13.1 Å². The topological polar surface area (TPSA) is 85.6 Å². The van der Waals surface area contributed by atoms with Gasteiger partial charge in [-0.05, 0) is 23.3 Å². The lowest BCUT2D eigenvalue weighted by Crippen LogP contribution is -2.40. The Bertz CT molecular complexity index is 1310. The van der Waals surface area contributed by atoms with Crippen molar-refractivity contribution in [2.24, 2.45) is 7.05 Å². The van der Waals surface area contributed by atoms with Gasteiger partial charge in [-0.3, -0.25) is 13.9 Å². The molecule has 0 saturated heterocycles. The van der Waals surface area contributed by atoms with E-state index in [-0.39, 0.29) is 12.1 Å². The number of aromatic nitrogens is 4. The molecule has 138 valence electrons. The van der Waals surface area contributed by atoms with Crippen molar-refractivity contribution in [1.29, 1.82) is 5.26 Å². The Hall–Kier alpha value is -3.92. The molecule has 0 atom stereocenters. The summed E-state index contributed by atoms with van der Waals surface area (Å²) in [5.41, 5.74) is 2.28. The minimum absolute atomic E-state index is 0.129. The molecule has 4 rings (SSSR count). The normalized spacial score (nSPS) is 10.9. The van der Waals surface area contributed by atoms with Crippen LogP contribution >= 0.6 is 0 Å². The van der Waals surface area contributed by atoms with Crippen LogP contribution in [-0.4, -0.2) is 18.7 Å². The SMILES string of the molecule is Cn1c(=O)n(Cc2ccc(C#N)cc2)c(=O)c2c1ncn2Cc1ccccc1. The third-order valence-corrected chi connectivity index (χ3v) is 4.72. The van der Waals surface area contributed by atoms with E-state index in [1.165, 1.54) is 9.13 Å². The summed E-state index contributed by atoms with van der Waals surface area (Å²) in [4.78, 5) is 30.1. The molecule has 0 bridgehead atoms.